The molecule has 0 unspecified atom stereocenters. The van der Waals surface area contributed by atoms with Crippen molar-refractivity contribution in [1.29, 1.82) is 0 Å². The van der Waals surface area contributed by atoms with Crippen molar-refractivity contribution in [1.82, 2.24) is 14.6 Å². The van der Waals surface area contributed by atoms with Gasteiger partial charge in [-0.25, -0.2) is 17.7 Å². The first-order chi connectivity index (χ1) is 14.4. The van der Waals surface area contributed by atoms with Crippen molar-refractivity contribution in [2.24, 2.45) is 0 Å². The van der Waals surface area contributed by atoms with Crippen LogP contribution >= 0.6 is 11.3 Å². The zero-order valence-electron chi connectivity index (χ0n) is 17.0. The Morgan fingerprint density at radius 1 is 1.17 bits per heavy atom. The van der Waals surface area contributed by atoms with Crippen molar-refractivity contribution in [3.05, 3.63) is 53.5 Å². The Kier molecular flexibility index (Phi) is 7.41. The van der Waals surface area contributed by atoms with Gasteiger partial charge in [0, 0.05) is 33.0 Å². The molecule has 0 aliphatic carbocycles. The summed E-state index contributed by atoms with van der Waals surface area (Å²) in [5.41, 5.74) is 0.977. The molecule has 30 heavy (non-hydrogen) atoms. The van der Waals surface area contributed by atoms with E-state index in [1.54, 1.807) is 23.5 Å². The van der Waals surface area contributed by atoms with Gasteiger partial charge in [-0.3, -0.25) is 4.79 Å². The molecule has 1 N–H and O–H groups in total. The van der Waals surface area contributed by atoms with Crippen molar-refractivity contribution in [2.45, 2.75) is 24.2 Å². The molecule has 0 spiro atoms. The van der Waals surface area contributed by atoms with E-state index in [1.807, 2.05) is 24.3 Å². The van der Waals surface area contributed by atoms with Gasteiger partial charge < -0.3 is 10.1 Å². The predicted octanol–water partition coefficient (Wildman–Crippen LogP) is 3.06. The van der Waals surface area contributed by atoms with Gasteiger partial charge in [0.15, 0.2) is 0 Å². The molecule has 0 radical (unpaired) electrons. The predicted molar refractivity (Wildman–Crippen MR) is 118 cm³/mol. The summed E-state index contributed by atoms with van der Waals surface area (Å²) in [5, 5.41) is 3.87. The second-order valence-corrected chi connectivity index (χ2v) is 9.94. The largest absolute Gasteiger partial charge is 0.497 e. The molecule has 1 heterocycles. The lowest BCUT2D eigenvalue weighted by molar-refractivity contribution is -0.121. The summed E-state index contributed by atoms with van der Waals surface area (Å²) in [5.74, 6) is 0.505. The number of hydrogen-bond donors (Lipinski definition) is 1. The third-order valence-corrected chi connectivity index (χ3v) is 7.61. The number of methoxy groups -OCH3 is 1. The lowest BCUT2D eigenvalue weighted by atomic mass is 10.3. The number of thiazole rings is 1. The second-order valence-electron chi connectivity index (χ2n) is 6.78. The summed E-state index contributed by atoms with van der Waals surface area (Å²) in [6.07, 6.45) is 1.39. The number of fused-ring (bicyclic) bond motifs is 1. The van der Waals surface area contributed by atoms with Crippen LogP contribution in [0.3, 0.4) is 0 Å². The minimum atomic E-state index is -3.59. The summed E-state index contributed by atoms with van der Waals surface area (Å²) in [6, 6.07) is 14.2. The average molecular weight is 448 g/mol. The fourth-order valence-electron chi connectivity index (χ4n) is 2.93. The van der Waals surface area contributed by atoms with Crippen molar-refractivity contribution in [3.63, 3.8) is 0 Å². The molecule has 1 amide bonds. The number of carbonyl (C=O) groups is 1. The molecule has 160 valence electrons. The van der Waals surface area contributed by atoms with Crippen LogP contribution in [0.4, 0.5) is 0 Å². The van der Waals surface area contributed by atoms with Crippen LogP contribution in [0.25, 0.3) is 10.2 Å². The lowest BCUT2D eigenvalue weighted by Crippen LogP contribution is -2.30. The molecule has 1 aromatic heterocycles. The second kappa shape index (κ2) is 10.0. The smallest absolute Gasteiger partial charge is 0.242 e. The summed E-state index contributed by atoms with van der Waals surface area (Å²) < 4.78 is 32.6. The molecule has 0 fully saturated rings. The quantitative estimate of drug-likeness (QED) is 0.516. The van der Waals surface area contributed by atoms with E-state index in [0.717, 1.165) is 15.2 Å². The van der Waals surface area contributed by atoms with Crippen molar-refractivity contribution < 1.29 is 17.9 Å². The molecule has 9 heteroatoms. The van der Waals surface area contributed by atoms with Crippen LogP contribution in [0, 0.1) is 0 Å². The molecular formula is C21H25N3O4S2. The SMILES string of the molecule is COc1ccc(S(=O)(=O)N(C)CCCC(=O)NCCc2nc3ccccc3s2)cc1. The molecule has 0 saturated carbocycles. The van der Waals surface area contributed by atoms with Crippen molar-refractivity contribution in [2.75, 3.05) is 27.2 Å². The van der Waals surface area contributed by atoms with Gasteiger partial charge in [0.2, 0.25) is 15.9 Å². The highest BCUT2D eigenvalue weighted by Gasteiger charge is 2.20. The third kappa shape index (κ3) is 5.56. The van der Waals surface area contributed by atoms with Crippen LogP contribution in [-0.4, -0.2) is 50.9 Å². The molecule has 0 bridgehead atoms. The van der Waals surface area contributed by atoms with Gasteiger partial charge in [0.1, 0.15) is 5.75 Å². The topological polar surface area (TPSA) is 88.6 Å². The molecular weight excluding hydrogens is 422 g/mol. The van der Waals surface area contributed by atoms with Gasteiger partial charge in [-0.2, -0.15) is 0 Å². The highest BCUT2D eigenvalue weighted by Crippen LogP contribution is 2.21. The first-order valence-electron chi connectivity index (χ1n) is 9.61. The van der Waals surface area contributed by atoms with Gasteiger partial charge in [0.05, 0.1) is 27.2 Å². The Morgan fingerprint density at radius 2 is 1.90 bits per heavy atom. The van der Waals surface area contributed by atoms with E-state index in [4.69, 9.17) is 4.74 Å². The first kappa shape index (κ1) is 22.2. The maximum atomic E-state index is 12.6. The van der Waals surface area contributed by atoms with Crippen LogP contribution in [0.5, 0.6) is 5.75 Å². The number of benzene rings is 2. The maximum absolute atomic E-state index is 12.6. The Morgan fingerprint density at radius 3 is 2.60 bits per heavy atom. The number of carbonyl (C=O) groups excluding carboxylic acids is 1. The number of para-hydroxylation sites is 1. The Balaban J connectivity index is 1.40. The molecule has 3 aromatic rings. The Hall–Kier alpha value is -2.49. The molecule has 0 saturated heterocycles. The monoisotopic (exact) mass is 447 g/mol. The van der Waals surface area contributed by atoms with Crippen LogP contribution in [-0.2, 0) is 21.2 Å². The number of sulfonamides is 1. The zero-order chi connectivity index (χ0) is 21.6. The number of hydrogen-bond acceptors (Lipinski definition) is 6. The number of aromatic nitrogens is 1. The number of nitrogens with zero attached hydrogens (tertiary/aromatic N) is 2. The van der Waals surface area contributed by atoms with E-state index >= 15 is 0 Å². The lowest BCUT2D eigenvalue weighted by Gasteiger charge is -2.17. The van der Waals surface area contributed by atoms with Crippen LogP contribution in [0.15, 0.2) is 53.4 Å². The van der Waals surface area contributed by atoms with Crippen molar-refractivity contribution in [3.8, 4) is 5.75 Å². The zero-order valence-corrected chi connectivity index (χ0v) is 18.6. The molecule has 0 atom stereocenters. The van der Waals surface area contributed by atoms with E-state index < -0.39 is 10.0 Å². The van der Waals surface area contributed by atoms with Gasteiger partial charge >= 0.3 is 0 Å². The van der Waals surface area contributed by atoms with E-state index in [0.29, 0.717) is 25.1 Å². The fraction of sp³-hybridized carbons (Fsp3) is 0.333. The minimum Gasteiger partial charge on any atom is -0.497 e. The highest BCUT2D eigenvalue weighted by molar-refractivity contribution is 7.89. The summed E-state index contributed by atoms with van der Waals surface area (Å²) >= 11 is 1.63. The summed E-state index contributed by atoms with van der Waals surface area (Å²) in [4.78, 5) is 16.8. The average Bonchev–Trinajstić information content (AvgIpc) is 3.16. The molecule has 3 rings (SSSR count). The van der Waals surface area contributed by atoms with Gasteiger partial charge in [-0.1, -0.05) is 12.1 Å². The fourth-order valence-corrected chi connectivity index (χ4v) is 5.11. The number of amides is 1. The molecule has 2 aromatic carbocycles. The van der Waals surface area contributed by atoms with Crippen LogP contribution in [0.1, 0.15) is 17.8 Å². The van der Waals surface area contributed by atoms with Crippen molar-refractivity contribution >= 4 is 37.5 Å². The van der Waals surface area contributed by atoms with Gasteiger partial charge in [0.25, 0.3) is 0 Å². The van der Waals surface area contributed by atoms with Gasteiger partial charge in [-0.05, 0) is 42.8 Å². The Bertz CT molecular complexity index is 1060. The molecule has 0 aliphatic heterocycles. The van der Waals surface area contributed by atoms with Crippen LogP contribution in [0.2, 0.25) is 0 Å². The molecule has 7 nitrogen and oxygen atoms in total. The van der Waals surface area contributed by atoms with E-state index in [2.05, 4.69) is 10.3 Å². The number of rotatable bonds is 10. The summed E-state index contributed by atoms with van der Waals surface area (Å²) in [6.45, 7) is 0.776. The van der Waals surface area contributed by atoms with E-state index in [1.165, 1.54) is 30.6 Å². The number of nitrogens with one attached hydrogen (secondary N) is 1. The van der Waals surface area contributed by atoms with Crippen LogP contribution < -0.4 is 10.1 Å². The standard InChI is InChI=1S/C21H25N3O4S2/c1-24(30(26,27)17-11-9-16(28-2)10-12-17)15-5-8-20(25)22-14-13-21-23-18-6-3-4-7-19(18)29-21/h3-4,6-7,9-12H,5,8,13-15H2,1-2H3,(H,22,25). The number of ether oxygens (including phenoxy) is 1. The first-order valence-corrected chi connectivity index (χ1v) is 11.9. The summed E-state index contributed by atoms with van der Waals surface area (Å²) in [7, 11) is -0.543. The molecule has 0 aliphatic rings. The highest BCUT2D eigenvalue weighted by atomic mass is 32.2. The maximum Gasteiger partial charge on any atom is 0.242 e. The third-order valence-electron chi connectivity index (χ3n) is 4.64. The minimum absolute atomic E-state index is 0.0913. The van der Waals surface area contributed by atoms with Gasteiger partial charge in [-0.15, -0.1) is 11.3 Å². The normalized spacial score (nSPS) is 11.7. The van der Waals surface area contributed by atoms with E-state index in [9.17, 15) is 13.2 Å². The van der Waals surface area contributed by atoms with E-state index in [-0.39, 0.29) is 23.8 Å². The Labute approximate surface area is 180 Å².